The van der Waals surface area contributed by atoms with E-state index in [1.165, 1.54) is 0 Å². The summed E-state index contributed by atoms with van der Waals surface area (Å²) in [5.74, 6) is 1.20. The smallest absolute Gasteiger partial charge is 0.410 e. The zero-order chi connectivity index (χ0) is 15.4. The lowest BCUT2D eigenvalue weighted by atomic mass is 9.94. The van der Waals surface area contributed by atoms with Crippen LogP contribution in [-0.2, 0) is 11.3 Å². The maximum atomic E-state index is 12.1. The molecule has 0 radical (unpaired) electrons. The Morgan fingerprint density at radius 3 is 2.68 bits per heavy atom. The number of carbonyl (C=O) groups excluding carboxylic acids is 1. The Morgan fingerprint density at radius 2 is 2.05 bits per heavy atom. The third kappa shape index (κ3) is 3.47. The fourth-order valence-electron chi connectivity index (χ4n) is 2.75. The highest BCUT2D eigenvalue weighted by Crippen LogP contribution is 2.27. The molecule has 5 heteroatoms. The molecule has 2 aromatic rings. The molecular weight excluding hydrogens is 280 g/mol. The average Bonchev–Trinajstić information content (AvgIpc) is 3.00. The molecule has 0 N–H and O–H groups in total. The van der Waals surface area contributed by atoms with Gasteiger partial charge in [0.15, 0.2) is 0 Å². The van der Waals surface area contributed by atoms with Crippen molar-refractivity contribution in [3.05, 3.63) is 53.4 Å². The lowest BCUT2D eigenvalue weighted by Crippen LogP contribution is -2.38. The molecular formula is C17H20N2O3. The summed E-state index contributed by atoms with van der Waals surface area (Å²) in [6.07, 6.45) is 1.55. The van der Waals surface area contributed by atoms with Crippen molar-refractivity contribution in [1.29, 1.82) is 0 Å². The Kier molecular flexibility index (Phi) is 4.42. The number of nitrogens with zero attached hydrogens (tertiary/aromatic N) is 2. The monoisotopic (exact) mass is 300 g/mol. The highest BCUT2D eigenvalue weighted by molar-refractivity contribution is 5.67. The van der Waals surface area contributed by atoms with Crippen LogP contribution in [0.4, 0.5) is 4.79 Å². The van der Waals surface area contributed by atoms with Crippen molar-refractivity contribution in [3.8, 4) is 0 Å². The van der Waals surface area contributed by atoms with E-state index < -0.39 is 0 Å². The second-order valence-corrected chi connectivity index (χ2v) is 5.66. The van der Waals surface area contributed by atoms with Gasteiger partial charge in [-0.05, 0) is 25.3 Å². The Bertz CT molecular complexity index is 616. The summed E-state index contributed by atoms with van der Waals surface area (Å²) >= 11 is 0. The number of amides is 1. The van der Waals surface area contributed by atoms with Crippen molar-refractivity contribution < 1.29 is 14.1 Å². The first-order chi connectivity index (χ1) is 10.7. The molecule has 1 aliphatic heterocycles. The number of aromatic nitrogens is 1. The topological polar surface area (TPSA) is 55.6 Å². The average molecular weight is 300 g/mol. The predicted molar refractivity (Wildman–Crippen MR) is 81.4 cm³/mol. The molecule has 0 unspecified atom stereocenters. The van der Waals surface area contributed by atoms with Crippen molar-refractivity contribution in [3.63, 3.8) is 0 Å². The number of ether oxygens (including phenoxy) is 1. The summed E-state index contributed by atoms with van der Waals surface area (Å²) in [6, 6.07) is 11.7. The minimum absolute atomic E-state index is 0.237. The van der Waals surface area contributed by atoms with Crippen LogP contribution in [0.1, 0.15) is 35.8 Å². The highest BCUT2D eigenvalue weighted by Gasteiger charge is 2.26. The molecule has 3 rings (SSSR count). The number of carbonyl (C=O) groups is 1. The van der Waals surface area contributed by atoms with Crippen molar-refractivity contribution in [2.45, 2.75) is 32.3 Å². The maximum absolute atomic E-state index is 12.1. The van der Waals surface area contributed by atoms with Gasteiger partial charge in [0.1, 0.15) is 12.4 Å². The molecule has 22 heavy (non-hydrogen) atoms. The van der Waals surface area contributed by atoms with E-state index in [4.69, 9.17) is 9.26 Å². The molecule has 2 heterocycles. The summed E-state index contributed by atoms with van der Waals surface area (Å²) in [4.78, 5) is 13.9. The number of piperidine rings is 1. The van der Waals surface area contributed by atoms with E-state index in [9.17, 15) is 4.79 Å². The summed E-state index contributed by atoms with van der Waals surface area (Å²) in [5, 5.41) is 4.08. The molecule has 1 aliphatic rings. The Labute approximate surface area is 129 Å². The third-order valence-corrected chi connectivity index (χ3v) is 4.02. The molecule has 0 bridgehead atoms. The summed E-state index contributed by atoms with van der Waals surface area (Å²) in [6.45, 7) is 3.61. The second-order valence-electron chi connectivity index (χ2n) is 5.66. The van der Waals surface area contributed by atoms with Gasteiger partial charge < -0.3 is 14.2 Å². The SMILES string of the molecule is Cc1cc(C2CCN(C(=O)OCc3ccccc3)CC2)no1. The summed E-state index contributed by atoms with van der Waals surface area (Å²) in [7, 11) is 0. The molecule has 1 fully saturated rings. The molecule has 0 aliphatic carbocycles. The van der Waals surface area contributed by atoms with Crippen LogP contribution >= 0.6 is 0 Å². The summed E-state index contributed by atoms with van der Waals surface area (Å²) < 4.78 is 10.5. The molecule has 1 saturated heterocycles. The van der Waals surface area contributed by atoms with E-state index in [0.717, 1.165) is 29.9 Å². The van der Waals surface area contributed by atoms with Crippen molar-refractivity contribution in [2.24, 2.45) is 0 Å². The maximum Gasteiger partial charge on any atom is 0.410 e. The Balaban J connectivity index is 1.47. The largest absolute Gasteiger partial charge is 0.445 e. The van der Waals surface area contributed by atoms with E-state index in [1.807, 2.05) is 43.3 Å². The van der Waals surface area contributed by atoms with Crippen LogP contribution < -0.4 is 0 Å². The van der Waals surface area contributed by atoms with Gasteiger partial charge in [-0.15, -0.1) is 0 Å². The van der Waals surface area contributed by atoms with E-state index in [2.05, 4.69) is 5.16 Å². The zero-order valence-corrected chi connectivity index (χ0v) is 12.7. The van der Waals surface area contributed by atoms with Gasteiger partial charge in [0, 0.05) is 25.1 Å². The second kappa shape index (κ2) is 6.64. The molecule has 1 amide bonds. The first-order valence-electron chi connectivity index (χ1n) is 7.61. The number of likely N-dealkylation sites (tertiary alicyclic amines) is 1. The van der Waals surface area contributed by atoms with Gasteiger partial charge in [-0.1, -0.05) is 35.5 Å². The molecule has 0 spiro atoms. The van der Waals surface area contributed by atoms with Gasteiger partial charge >= 0.3 is 6.09 Å². The lowest BCUT2D eigenvalue weighted by molar-refractivity contribution is 0.0867. The normalized spacial score (nSPS) is 15.8. The van der Waals surface area contributed by atoms with Gasteiger partial charge in [-0.25, -0.2) is 4.79 Å². The van der Waals surface area contributed by atoms with Crippen molar-refractivity contribution >= 4 is 6.09 Å². The van der Waals surface area contributed by atoms with Crippen molar-refractivity contribution in [1.82, 2.24) is 10.1 Å². The molecule has 5 nitrogen and oxygen atoms in total. The fraction of sp³-hybridized carbons (Fsp3) is 0.412. The van der Waals surface area contributed by atoms with E-state index in [1.54, 1.807) is 4.90 Å². The van der Waals surface area contributed by atoms with Crippen LogP contribution in [0.15, 0.2) is 40.9 Å². The van der Waals surface area contributed by atoms with Crippen molar-refractivity contribution in [2.75, 3.05) is 13.1 Å². The Morgan fingerprint density at radius 1 is 1.32 bits per heavy atom. The van der Waals surface area contributed by atoms with Gasteiger partial charge in [0.05, 0.1) is 5.69 Å². The van der Waals surface area contributed by atoms with Gasteiger partial charge in [-0.3, -0.25) is 0 Å². The van der Waals surface area contributed by atoms with Crippen LogP contribution in [0, 0.1) is 6.92 Å². The van der Waals surface area contributed by atoms with E-state index in [0.29, 0.717) is 25.6 Å². The number of rotatable bonds is 3. The lowest BCUT2D eigenvalue weighted by Gasteiger charge is -2.30. The van der Waals surface area contributed by atoms with Crippen LogP contribution in [-0.4, -0.2) is 29.2 Å². The molecule has 0 saturated carbocycles. The number of aryl methyl sites for hydroxylation is 1. The van der Waals surface area contributed by atoms with Crippen LogP contribution in [0.5, 0.6) is 0 Å². The van der Waals surface area contributed by atoms with E-state index >= 15 is 0 Å². The number of benzene rings is 1. The third-order valence-electron chi connectivity index (χ3n) is 4.02. The first kappa shape index (κ1) is 14.6. The predicted octanol–water partition coefficient (Wildman–Crippen LogP) is 3.50. The number of hydrogen-bond acceptors (Lipinski definition) is 4. The highest BCUT2D eigenvalue weighted by atomic mass is 16.6. The van der Waals surface area contributed by atoms with Gasteiger partial charge in [0.25, 0.3) is 0 Å². The molecule has 0 atom stereocenters. The first-order valence-corrected chi connectivity index (χ1v) is 7.61. The van der Waals surface area contributed by atoms with Crippen LogP contribution in [0.25, 0.3) is 0 Å². The standard InChI is InChI=1S/C17H20N2O3/c1-13-11-16(18-22-13)15-7-9-19(10-8-15)17(20)21-12-14-5-3-2-4-6-14/h2-6,11,15H,7-10,12H2,1H3. The minimum Gasteiger partial charge on any atom is -0.445 e. The molecule has 116 valence electrons. The quantitative estimate of drug-likeness (QED) is 0.870. The molecule has 1 aromatic heterocycles. The number of hydrogen-bond donors (Lipinski definition) is 0. The Hall–Kier alpha value is -2.30. The van der Waals surface area contributed by atoms with E-state index in [-0.39, 0.29) is 6.09 Å². The minimum atomic E-state index is -0.237. The zero-order valence-electron chi connectivity index (χ0n) is 12.7. The summed E-state index contributed by atoms with van der Waals surface area (Å²) in [5.41, 5.74) is 2.00. The van der Waals surface area contributed by atoms with Crippen LogP contribution in [0.2, 0.25) is 0 Å². The fourth-order valence-corrected chi connectivity index (χ4v) is 2.75. The van der Waals surface area contributed by atoms with Gasteiger partial charge in [-0.2, -0.15) is 0 Å². The van der Waals surface area contributed by atoms with Crippen LogP contribution in [0.3, 0.4) is 0 Å². The molecule has 1 aromatic carbocycles. The van der Waals surface area contributed by atoms with Gasteiger partial charge in [0.2, 0.25) is 0 Å².